The molecule has 0 spiro atoms. The average molecular weight is 290 g/mol. The summed E-state index contributed by atoms with van der Waals surface area (Å²) >= 11 is 0. The summed E-state index contributed by atoms with van der Waals surface area (Å²) in [5.74, 6) is -1.09. The molecule has 0 saturated carbocycles. The Labute approximate surface area is 122 Å². The van der Waals surface area contributed by atoms with Gasteiger partial charge in [0, 0.05) is 13.0 Å². The van der Waals surface area contributed by atoms with Crippen LogP contribution in [0.1, 0.15) is 24.0 Å². The molecule has 1 fully saturated rings. The van der Waals surface area contributed by atoms with Crippen molar-refractivity contribution in [2.24, 2.45) is 0 Å². The molecule has 112 valence electrons. The third-order valence-electron chi connectivity index (χ3n) is 3.36. The quantitative estimate of drug-likeness (QED) is 0.770. The van der Waals surface area contributed by atoms with Crippen molar-refractivity contribution in [2.45, 2.75) is 32.4 Å². The highest BCUT2D eigenvalue weighted by atomic mass is 16.5. The van der Waals surface area contributed by atoms with E-state index in [1.165, 1.54) is 0 Å². The smallest absolute Gasteiger partial charge is 0.329 e. The fraction of sp³-hybridized carbons (Fsp3) is 0.400. The first kappa shape index (κ1) is 15.0. The summed E-state index contributed by atoms with van der Waals surface area (Å²) in [5.41, 5.74) is 2.10. The Bertz CT molecular complexity index is 556. The van der Waals surface area contributed by atoms with Gasteiger partial charge >= 0.3 is 5.97 Å². The highest BCUT2D eigenvalue weighted by Gasteiger charge is 2.28. The van der Waals surface area contributed by atoms with Gasteiger partial charge in [-0.25, -0.2) is 4.79 Å². The number of rotatable bonds is 5. The van der Waals surface area contributed by atoms with Crippen LogP contribution in [0.3, 0.4) is 0 Å². The lowest BCUT2D eigenvalue weighted by atomic mass is 10.1. The van der Waals surface area contributed by atoms with Crippen LogP contribution in [0.25, 0.3) is 0 Å². The Morgan fingerprint density at radius 3 is 2.81 bits per heavy atom. The number of benzene rings is 1. The second kappa shape index (κ2) is 6.88. The molecule has 6 nitrogen and oxygen atoms in total. The molecule has 0 aliphatic carbocycles. The first-order chi connectivity index (χ1) is 10.1. The maximum Gasteiger partial charge on any atom is 0.329 e. The van der Waals surface area contributed by atoms with Crippen molar-refractivity contribution in [2.75, 3.05) is 6.61 Å². The van der Waals surface area contributed by atoms with Gasteiger partial charge in [0.05, 0.1) is 0 Å². The largest absolute Gasteiger partial charge is 0.454 e. The van der Waals surface area contributed by atoms with E-state index in [-0.39, 0.29) is 18.4 Å². The molecule has 0 bridgehead atoms. The third kappa shape index (κ3) is 4.30. The van der Waals surface area contributed by atoms with E-state index in [2.05, 4.69) is 10.6 Å². The van der Waals surface area contributed by atoms with Gasteiger partial charge in [-0.15, -0.1) is 0 Å². The Morgan fingerprint density at radius 2 is 2.14 bits per heavy atom. The fourth-order valence-electron chi connectivity index (χ4n) is 2.08. The maximum atomic E-state index is 11.6. The minimum atomic E-state index is -0.623. The number of carbonyl (C=O) groups is 3. The SMILES string of the molecule is Cc1ccccc1CNC(=O)COC(=O)[C@H]1CCC(=O)N1. The molecule has 6 heteroatoms. The van der Waals surface area contributed by atoms with Crippen molar-refractivity contribution in [3.63, 3.8) is 0 Å². The average Bonchev–Trinajstić information content (AvgIpc) is 2.90. The second-order valence-electron chi connectivity index (χ2n) is 4.97. The highest BCUT2D eigenvalue weighted by molar-refractivity contribution is 5.89. The summed E-state index contributed by atoms with van der Waals surface area (Å²) in [4.78, 5) is 34.2. The summed E-state index contributed by atoms with van der Waals surface area (Å²) in [6.45, 7) is 2.02. The van der Waals surface area contributed by atoms with Gasteiger partial charge < -0.3 is 15.4 Å². The normalized spacial score (nSPS) is 17.2. The van der Waals surface area contributed by atoms with Crippen LogP contribution in [0.5, 0.6) is 0 Å². The van der Waals surface area contributed by atoms with Crippen molar-refractivity contribution < 1.29 is 19.1 Å². The third-order valence-corrected chi connectivity index (χ3v) is 3.36. The lowest BCUT2D eigenvalue weighted by Crippen LogP contribution is -2.37. The van der Waals surface area contributed by atoms with Crippen LogP contribution in [0.4, 0.5) is 0 Å². The molecular formula is C15H18N2O4. The van der Waals surface area contributed by atoms with Crippen LogP contribution in [-0.2, 0) is 25.7 Å². The number of hydrogen-bond donors (Lipinski definition) is 2. The van der Waals surface area contributed by atoms with E-state index < -0.39 is 12.0 Å². The van der Waals surface area contributed by atoms with E-state index in [4.69, 9.17) is 4.74 Å². The second-order valence-corrected chi connectivity index (χ2v) is 4.97. The molecular weight excluding hydrogens is 272 g/mol. The molecule has 1 aliphatic rings. The van der Waals surface area contributed by atoms with Gasteiger partial charge in [-0.2, -0.15) is 0 Å². The number of esters is 1. The molecule has 1 aromatic carbocycles. The lowest BCUT2D eigenvalue weighted by molar-refractivity contribution is -0.150. The van der Waals surface area contributed by atoms with Crippen LogP contribution < -0.4 is 10.6 Å². The molecule has 0 radical (unpaired) electrons. The van der Waals surface area contributed by atoms with Gasteiger partial charge in [-0.3, -0.25) is 9.59 Å². The minimum absolute atomic E-state index is 0.166. The monoisotopic (exact) mass is 290 g/mol. The molecule has 2 rings (SSSR count). The van der Waals surface area contributed by atoms with Crippen molar-refractivity contribution in [1.82, 2.24) is 10.6 Å². The Hall–Kier alpha value is -2.37. The topological polar surface area (TPSA) is 84.5 Å². The van der Waals surface area contributed by atoms with Gasteiger partial charge in [-0.1, -0.05) is 24.3 Å². The molecule has 1 atom stereocenters. The Balaban J connectivity index is 1.71. The lowest BCUT2D eigenvalue weighted by Gasteiger charge is -2.11. The van der Waals surface area contributed by atoms with E-state index >= 15 is 0 Å². The molecule has 1 aromatic rings. The van der Waals surface area contributed by atoms with E-state index in [1.54, 1.807) is 0 Å². The zero-order valence-corrected chi connectivity index (χ0v) is 11.8. The molecule has 2 N–H and O–H groups in total. The van der Waals surface area contributed by atoms with Crippen LogP contribution in [0.15, 0.2) is 24.3 Å². The molecule has 1 saturated heterocycles. The van der Waals surface area contributed by atoms with Crippen molar-refractivity contribution in [3.05, 3.63) is 35.4 Å². The van der Waals surface area contributed by atoms with Gasteiger partial charge in [0.2, 0.25) is 5.91 Å². The predicted octanol–water partition coefficient (Wildman–Crippen LogP) is 0.433. The fourth-order valence-corrected chi connectivity index (χ4v) is 2.08. The van der Waals surface area contributed by atoms with Crippen molar-refractivity contribution in [1.29, 1.82) is 0 Å². The number of amides is 2. The molecule has 21 heavy (non-hydrogen) atoms. The van der Waals surface area contributed by atoms with E-state index in [1.807, 2.05) is 31.2 Å². The summed E-state index contributed by atoms with van der Waals surface area (Å²) in [6.07, 6.45) is 0.738. The van der Waals surface area contributed by atoms with Crippen LogP contribution in [-0.4, -0.2) is 30.4 Å². The first-order valence-corrected chi connectivity index (χ1v) is 6.83. The van der Waals surface area contributed by atoms with Crippen molar-refractivity contribution in [3.8, 4) is 0 Å². The van der Waals surface area contributed by atoms with Gasteiger partial charge in [-0.05, 0) is 24.5 Å². The van der Waals surface area contributed by atoms with E-state index in [9.17, 15) is 14.4 Å². The zero-order chi connectivity index (χ0) is 15.2. The van der Waals surface area contributed by atoms with Gasteiger partial charge in [0.15, 0.2) is 6.61 Å². The molecule has 0 aromatic heterocycles. The summed E-state index contributed by atoms with van der Waals surface area (Å²) in [5, 5.41) is 5.19. The Kier molecular flexibility index (Phi) is 4.92. The van der Waals surface area contributed by atoms with Crippen LogP contribution in [0, 0.1) is 6.92 Å². The number of carbonyl (C=O) groups excluding carboxylic acids is 3. The highest BCUT2D eigenvalue weighted by Crippen LogP contribution is 2.08. The van der Waals surface area contributed by atoms with Gasteiger partial charge in [0.1, 0.15) is 6.04 Å². The van der Waals surface area contributed by atoms with Crippen molar-refractivity contribution >= 4 is 17.8 Å². The summed E-state index contributed by atoms with van der Waals surface area (Å²) in [7, 11) is 0. The standard InChI is InChI=1S/C15H18N2O4/c1-10-4-2-3-5-11(10)8-16-14(19)9-21-15(20)12-6-7-13(18)17-12/h2-5,12H,6-9H2,1H3,(H,16,19)(H,17,18)/t12-/m1/s1. The maximum absolute atomic E-state index is 11.6. The number of nitrogens with one attached hydrogen (secondary N) is 2. The first-order valence-electron chi connectivity index (χ1n) is 6.83. The van der Waals surface area contributed by atoms with E-state index in [0.29, 0.717) is 19.4 Å². The molecule has 1 heterocycles. The molecule has 0 unspecified atom stereocenters. The number of hydrogen-bond acceptors (Lipinski definition) is 4. The molecule has 1 aliphatic heterocycles. The zero-order valence-electron chi connectivity index (χ0n) is 11.8. The summed E-state index contributed by atoms with van der Waals surface area (Å²) in [6, 6.07) is 7.09. The van der Waals surface area contributed by atoms with E-state index in [0.717, 1.165) is 11.1 Å². The minimum Gasteiger partial charge on any atom is -0.454 e. The Morgan fingerprint density at radius 1 is 1.38 bits per heavy atom. The summed E-state index contributed by atoms with van der Waals surface area (Å²) < 4.78 is 4.89. The van der Waals surface area contributed by atoms with Crippen LogP contribution in [0.2, 0.25) is 0 Å². The predicted molar refractivity (Wildman–Crippen MR) is 75.1 cm³/mol. The van der Waals surface area contributed by atoms with Gasteiger partial charge in [0.25, 0.3) is 5.91 Å². The van der Waals surface area contributed by atoms with Crippen LogP contribution >= 0.6 is 0 Å². The number of aryl methyl sites for hydroxylation is 1. The molecule has 2 amide bonds. The number of ether oxygens (including phenoxy) is 1.